The normalized spacial score (nSPS) is 36.8. The van der Waals surface area contributed by atoms with Crippen LogP contribution in [0.25, 0.3) is 0 Å². The topological polar surface area (TPSA) is 160 Å². The predicted molar refractivity (Wildman–Crippen MR) is 178 cm³/mol. The summed E-state index contributed by atoms with van der Waals surface area (Å²) in [6.07, 6.45) is 8.85. The summed E-state index contributed by atoms with van der Waals surface area (Å²) in [7, 11) is -4.02. The number of hydrogen-bond donors (Lipinski definition) is 3. The Morgan fingerprint density at radius 2 is 1.90 bits per heavy atom. The zero-order chi connectivity index (χ0) is 35.9. The number of carbonyl (C=O) groups excluding carboxylic acids is 3. The molecule has 1 saturated heterocycles. The van der Waals surface area contributed by atoms with Gasteiger partial charge in [-0.25, -0.2) is 8.42 Å². The van der Waals surface area contributed by atoms with Crippen LogP contribution in [-0.2, 0) is 29.1 Å². The summed E-state index contributed by atoms with van der Waals surface area (Å²) in [5.74, 6) is -3.34. The highest BCUT2D eigenvalue weighted by Crippen LogP contribution is 2.50. The van der Waals surface area contributed by atoms with Gasteiger partial charge in [0, 0.05) is 18.3 Å². The zero-order valence-electron chi connectivity index (χ0n) is 28.2. The Bertz CT molecular complexity index is 1760. The third-order valence-electron chi connectivity index (χ3n) is 11.6. The van der Waals surface area contributed by atoms with E-state index in [1.807, 2.05) is 25.2 Å². The maximum Gasteiger partial charge on any atom is 0.436 e. The molecule has 0 radical (unpaired) electrons. The van der Waals surface area contributed by atoms with Gasteiger partial charge in [-0.1, -0.05) is 48.8 Å². The minimum absolute atomic E-state index is 0.142. The lowest BCUT2D eigenvalue weighted by molar-refractivity contribution is -0.141. The first-order chi connectivity index (χ1) is 23.5. The zero-order valence-corrected chi connectivity index (χ0v) is 29.0. The van der Waals surface area contributed by atoms with Crippen molar-refractivity contribution in [2.24, 2.45) is 22.6 Å². The molecule has 0 aromatic heterocycles. The molecule has 4 aliphatic heterocycles. The Morgan fingerprint density at radius 1 is 1.14 bits per heavy atom. The average molecular weight is 720 g/mol. The van der Waals surface area contributed by atoms with Gasteiger partial charge in [0.15, 0.2) is 11.5 Å². The van der Waals surface area contributed by atoms with E-state index in [1.165, 1.54) is 4.90 Å². The summed E-state index contributed by atoms with van der Waals surface area (Å²) in [5.41, 5.74) is 3.72. The van der Waals surface area contributed by atoms with E-state index in [0.717, 1.165) is 18.4 Å². The van der Waals surface area contributed by atoms with Gasteiger partial charge in [-0.3, -0.25) is 24.1 Å². The molecule has 3 aliphatic carbocycles. The van der Waals surface area contributed by atoms with Crippen LogP contribution < -0.4 is 15.8 Å². The van der Waals surface area contributed by atoms with Crippen molar-refractivity contribution < 1.29 is 40.7 Å². The molecule has 7 rings (SSSR count). The number of fused-ring (bicyclic) bond motifs is 4. The summed E-state index contributed by atoms with van der Waals surface area (Å²) in [4.78, 5) is 47.3. The molecule has 2 saturated carbocycles. The molecule has 3 fully saturated rings. The second-order valence-electron chi connectivity index (χ2n) is 15.4. The average Bonchev–Trinajstić information content (AvgIpc) is 3.94. The third-order valence-corrected chi connectivity index (χ3v) is 13.8. The second-order valence-corrected chi connectivity index (χ2v) is 17.6. The number of sulfonamides is 1. The van der Waals surface area contributed by atoms with Crippen LogP contribution in [0.2, 0.25) is 0 Å². The Labute approximate surface area is 289 Å². The fourth-order valence-electron chi connectivity index (χ4n) is 8.11. The number of nitrogens with two attached hydrogens (primary N) is 1. The van der Waals surface area contributed by atoms with Crippen molar-refractivity contribution in [2.75, 3.05) is 6.54 Å². The maximum atomic E-state index is 14.5. The molecule has 11 nitrogen and oxygen atoms in total. The largest absolute Gasteiger partial charge is 0.483 e. The fourth-order valence-corrected chi connectivity index (χ4v) is 9.42. The molecular formula is C35H44F3N5O6S. The first kappa shape index (κ1) is 35.0. The molecule has 7 unspecified atom stereocenters. The van der Waals surface area contributed by atoms with Crippen molar-refractivity contribution >= 4 is 33.5 Å². The number of dihydropyridines is 1. The van der Waals surface area contributed by atoms with Crippen LogP contribution in [0.3, 0.4) is 0 Å². The molecule has 15 heteroatoms. The van der Waals surface area contributed by atoms with Crippen LogP contribution >= 0.6 is 0 Å². The first-order valence-electron chi connectivity index (χ1n) is 17.5. The molecule has 0 aromatic carbocycles. The maximum absolute atomic E-state index is 14.5. The molecule has 0 bridgehead atoms. The lowest BCUT2D eigenvalue weighted by Crippen LogP contribution is -2.58. The van der Waals surface area contributed by atoms with Gasteiger partial charge in [-0.2, -0.15) is 13.2 Å². The highest BCUT2D eigenvalue weighted by Gasteiger charge is 2.64. The van der Waals surface area contributed by atoms with Gasteiger partial charge in [0.25, 0.3) is 5.91 Å². The monoisotopic (exact) mass is 719 g/mol. The van der Waals surface area contributed by atoms with Crippen LogP contribution in [0, 0.1) is 11.8 Å². The molecule has 0 aromatic rings. The number of nitrogens with one attached hydrogen (secondary N) is 2. The van der Waals surface area contributed by atoms with Crippen LogP contribution in [-0.4, -0.2) is 83.5 Å². The number of rotatable bonds is 3. The number of ether oxygens (including phenoxy) is 1. The molecule has 50 heavy (non-hydrogen) atoms. The van der Waals surface area contributed by atoms with Crippen molar-refractivity contribution in [3.8, 4) is 0 Å². The van der Waals surface area contributed by atoms with Crippen LogP contribution in [0.15, 0.2) is 52.3 Å². The highest BCUT2D eigenvalue weighted by atomic mass is 32.2. The molecule has 3 amide bonds. The summed E-state index contributed by atoms with van der Waals surface area (Å²) in [5, 5.41) is 2.80. The summed E-state index contributed by atoms with van der Waals surface area (Å²) >= 11 is 0. The third kappa shape index (κ3) is 6.11. The van der Waals surface area contributed by atoms with Crippen molar-refractivity contribution in [1.82, 2.24) is 14.9 Å². The summed E-state index contributed by atoms with van der Waals surface area (Å²) in [6.45, 7) is 3.24. The number of alkyl halides is 3. The van der Waals surface area contributed by atoms with Crippen molar-refractivity contribution in [1.29, 1.82) is 0 Å². The van der Waals surface area contributed by atoms with Crippen molar-refractivity contribution in [2.45, 2.75) is 125 Å². The molecule has 7 atom stereocenters. The van der Waals surface area contributed by atoms with Gasteiger partial charge < -0.3 is 20.7 Å². The van der Waals surface area contributed by atoms with Gasteiger partial charge in [0.1, 0.15) is 17.2 Å². The van der Waals surface area contributed by atoms with Gasteiger partial charge >= 0.3 is 6.18 Å². The lowest BCUT2D eigenvalue weighted by Gasteiger charge is -2.42. The first-order valence-corrected chi connectivity index (χ1v) is 19.0. The van der Waals surface area contributed by atoms with Gasteiger partial charge in [0.05, 0.1) is 23.4 Å². The number of aliphatic imine (C=N–C) groups is 1. The second kappa shape index (κ2) is 12.1. The Kier molecular flexibility index (Phi) is 8.44. The van der Waals surface area contributed by atoms with E-state index in [-0.39, 0.29) is 38.0 Å². The van der Waals surface area contributed by atoms with Gasteiger partial charge in [-0.05, 0) is 70.8 Å². The van der Waals surface area contributed by atoms with Gasteiger partial charge in [-0.15, -0.1) is 0 Å². The fraction of sp³-hybridized carbons (Fsp3) is 0.657. The molecule has 4 heterocycles. The number of halogens is 3. The van der Waals surface area contributed by atoms with E-state index < -0.39 is 85.5 Å². The van der Waals surface area contributed by atoms with E-state index in [2.05, 4.69) is 15.0 Å². The molecule has 4 N–H and O–H groups in total. The number of nitrogens with zero attached hydrogens (tertiary/aromatic N) is 2. The summed E-state index contributed by atoms with van der Waals surface area (Å²) < 4.78 is 77.1. The van der Waals surface area contributed by atoms with Crippen LogP contribution in [0.4, 0.5) is 13.2 Å². The SMILES string of the molecule is CC1=CC2C3=C(OC4(CC3)CC3C(=O)NC5(C(=O)NS(=O)(=O)C6(C)CC6)CC5C=CCCCCCC(N)C(=O)N3C4)C(C(F)(F)F)=NC2C=C1. The molecule has 272 valence electrons. The summed E-state index contributed by atoms with van der Waals surface area (Å²) in [6, 6.07) is -2.90. The van der Waals surface area contributed by atoms with E-state index >= 15 is 0 Å². The number of carbonyl (C=O) groups is 3. The number of amides is 3. The smallest absolute Gasteiger partial charge is 0.436 e. The van der Waals surface area contributed by atoms with Crippen molar-refractivity contribution in [3.63, 3.8) is 0 Å². The lowest BCUT2D eigenvalue weighted by atomic mass is 9.77. The molecule has 1 spiro atoms. The van der Waals surface area contributed by atoms with E-state index in [4.69, 9.17) is 10.5 Å². The highest BCUT2D eigenvalue weighted by molar-refractivity contribution is 7.91. The predicted octanol–water partition coefficient (Wildman–Crippen LogP) is 3.63. The van der Waals surface area contributed by atoms with E-state index in [1.54, 1.807) is 19.1 Å². The Balaban J connectivity index is 1.21. The Hall–Kier alpha value is -3.46. The molecule has 7 aliphatic rings. The standard InChI is InChI=1S/C35H44F3N5O6S/c1-20-10-11-25-23(16-20)22-12-13-33(49-27(22)28(40-25)35(36,37)38)18-26-29(44)41-34(31(46)42-50(47,48)32(2)14-15-32)17-21(34)8-6-4-3-5-7-9-24(39)30(45)43(26)19-33/h6,8,10-11,16,21,23-26H,3-5,7,9,12-15,17-19,39H2,1-2H3,(H,41,44)(H,42,46). The van der Waals surface area contributed by atoms with Crippen LogP contribution in [0.1, 0.15) is 84.5 Å². The molecular weight excluding hydrogens is 675 g/mol. The van der Waals surface area contributed by atoms with E-state index in [9.17, 15) is 36.0 Å². The van der Waals surface area contributed by atoms with E-state index in [0.29, 0.717) is 37.7 Å². The van der Waals surface area contributed by atoms with Crippen LogP contribution in [0.5, 0.6) is 0 Å². The minimum Gasteiger partial charge on any atom is -0.483 e. The number of allylic oxidation sites excluding steroid dienone is 4. The van der Waals surface area contributed by atoms with Gasteiger partial charge in [0.2, 0.25) is 21.8 Å². The quantitative estimate of drug-likeness (QED) is 0.376. The number of hydrogen-bond acceptors (Lipinski definition) is 8. The Morgan fingerprint density at radius 3 is 2.62 bits per heavy atom. The minimum atomic E-state index is -4.81. The van der Waals surface area contributed by atoms with Crippen molar-refractivity contribution in [3.05, 3.63) is 47.3 Å².